The summed E-state index contributed by atoms with van der Waals surface area (Å²) in [4.78, 5) is 28.2. The van der Waals surface area contributed by atoms with Gasteiger partial charge in [-0.1, -0.05) is 24.0 Å². The van der Waals surface area contributed by atoms with Crippen LogP contribution < -0.4 is 9.64 Å². The number of anilines is 1. The van der Waals surface area contributed by atoms with Crippen molar-refractivity contribution in [2.45, 2.75) is 11.7 Å². The minimum Gasteiger partial charge on any atom is -0.497 e. The predicted molar refractivity (Wildman–Crippen MR) is 96.5 cm³/mol. The van der Waals surface area contributed by atoms with Crippen LogP contribution in [0.2, 0.25) is 0 Å². The first-order valence-electron chi connectivity index (χ1n) is 7.64. The number of benzene rings is 1. The van der Waals surface area contributed by atoms with Crippen molar-refractivity contribution >= 4 is 45.8 Å². The highest BCUT2D eigenvalue weighted by Crippen LogP contribution is 2.32. The van der Waals surface area contributed by atoms with Crippen LogP contribution in [0, 0.1) is 0 Å². The summed E-state index contributed by atoms with van der Waals surface area (Å²) in [5.41, 5.74) is 0.561. The number of imide groups is 1. The highest BCUT2D eigenvalue weighted by atomic mass is 32.2. The van der Waals surface area contributed by atoms with E-state index >= 15 is 0 Å². The summed E-state index contributed by atoms with van der Waals surface area (Å²) in [6.45, 7) is 2.72. The Morgan fingerprint density at radius 1 is 1.25 bits per heavy atom. The first-order chi connectivity index (χ1) is 11.6. The largest absolute Gasteiger partial charge is 0.497 e. The van der Waals surface area contributed by atoms with Crippen LogP contribution in [0.4, 0.5) is 5.69 Å². The first kappa shape index (κ1) is 17.2. The predicted octanol–water partition coefficient (Wildman–Crippen LogP) is 1.68. The quantitative estimate of drug-likeness (QED) is 0.596. The Bertz CT molecular complexity index is 644. The van der Waals surface area contributed by atoms with Gasteiger partial charge in [0.1, 0.15) is 15.3 Å². The fraction of sp³-hybridized carbons (Fsp3) is 0.438. The molecule has 2 aliphatic heterocycles. The van der Waals surface area contributed by atoms with E-state index in [0.717, 1.165) is 13.1 Å². The lowest BCUT2D eigenvalue weighted by molar-refractivity contribution is -0.121. The van der Waals surface area contributed by atoms with Crippen LogP contribution in [0.1, 0.15) is 6.42 Å². The van der Waals surface area contributed by atoms with E-state index < -0.39 is 5.25 Å². The molecule has 2 fully saturated rings. The van der Waals surface area contributed by atoms with Crippen molar-refractivity contribution in [2.24, 2.45) is 0 Å². The van der Waals surface area contributed by atoms with Gasteiger partial charge in [0, 0.05) is 19.5 Å². The van der Waals surface area contributed by atoms with Gasteiger partial charge in [0.05, 0.1) is 26.0 Å². The van der Waals surface area contributed by atoms with Crippen LogP contribution >= 0.6 is 24.0 Å². The molecule has 0 aliphatic carbocycles. The van der Waals surface area contributed by atoms with Gasteiger partial charge >= 0.3 is 0 Å². The third kappa shape index (κ3) is 3.55. The summed E-state index contributed by atoms with van der Waals surface area (Å²) in [5, 5.41) is -0.463. The second kappa shape index (κ2) is 7.50. The third-order valence-electron chi connectivity index (χ3n) is 3.95. The minimum atomic E-state index is -0.463. The second-order valence-electron chi connectivity index (χ2n) is 5.44. The number of carbonyl (C=O) groups is 2. The number of thiocarbonyl (C=S) groups is 1. The Morgan fingerprint density at radius 2 is 1.92 bits per heavy atom. The topological polar surface area (TPSA) is 59.1 Å². The molecule has 2 saturated heterocycles. The molecular weight excluding hydrogens is 348 g/mol. The summed E-state index contributed by atoms with van der Waals surface area (Å²) >= 11 is 6.72. The number of nitrogens with zero attached hydrogens (tertiary/aromatic N) is 2. The molecule has 2 aliphatic rings. The summed E-state index contributed by atoms with van der Waals surface area (Å²) in [7, 11) is 1.57. The molecule has 0 spiro atoms. The van der Waals surface area contributed by atoms with E-state index in [0.29, 0.717) is 29.0 Å². The lowest BCUT2D eigenvalue weighted by Crippen LogP contribution is -2.39. The number of methoxy groups -OCH3 is 1. The van der Waals surface area contributed by atoms with Crippen LogP contribution in [0.25, 0.3) is 0 Å². The van der Waals surface area contributed by atoms with Crippen molar-refractivity contribution < 1.29 is 19.1 Å². The number of carbonyl (C=O) groups excluding carboxylic acids is 2. The van der Waals surface area contributed by atoms with Gasteiger partial charge in [-0.25, -0.2) is 4.90 Å². The molecule has 0 aromatic heterocycles. The van der Waals surface area contributed by atoms with Crippen molar-refractivity contribution in [3.05, 3.63) is 24.3 Å². The zero-order valence-electron chi connectivity index (χ0n) is 13.3. The maximum Gasteiger partial charge on any atom is 0.247 e. The Hall–Kier alpha value is -1.64. The monoisotopic (exact) mass is 366 g/mol. The molecule has 2 amide bonds. The number of hydrogen-bond acceptors (Lipinski definition) is 6. The Morgan fingerprint density at radius 3 is 2.54 bits per heavy atom. The first-order valence-corrected chi connectivity index (χ1v) is 8.93. The summed E-state index contributed by atoms with van der Waals surface area (Å²) < 4.78 is 11.1. The molecule has 0 bridgehead atoms. The maximum atomic E-state index is 12.6. The highest BCUT2D eigenvalue weighted by Gasteiger charge is 2.41. The molecular formula is C16H18N2O4S2. The van der Waals surface area contributed by atoms with Gasteiger partial charge in [0.2, 0.25) is 11.8 Å². The molecule has 2 heterocycles. The summed E-state index contributed by atoms with van der Waals surface area (Å²) in [5.74, 6) is 0.260. The fourth-order valence-corrected chi connectivity index (χ4v) is 4.18. The van der Waals surface area contributed by atoms with Gasteiger partial charge in [-0.15, -0.1) is 0 Å². The van der Waals surface area contributed by atoms with E-state index in [1.165, 1.54) is 16.7 Å². The molecule has 1 unspecified atom stereocenters. The number of hydrogen-bond donors (Lipinski definition) is 0. The molecule has 24 heavy (non-hydrogen) atoms. The van der Waals surface area contributed by atoms with E-state index in [4.69, 9.17) is 21.7 Å². The van der Waals surface area contributed by atoms with Crippen LogP contribution in [0.3, 0.4) is 0 Å². The normalized spacial score (nSPS) is 21.3. The molecule has 1 atom stereocenters. The van der Waals surface area contributed by atoms with E-state index in [1.54, 1.807) is 31.4 Å². The third-order valence-corrected chi connectivity index (χ3v) is 5.61. The second-order valence-corrected chi connectivity index (χ2v) is 7.28. The molecule has 3 rings (SSSR count). The van der Waals surface area contributed by atoms with E-state index in [2.05, 4.69) is 0 Å². The van der Waals surface area contributed by atoms with Crippen molar-refractivity contribution in [3.8, 4) is 5.75 Å². The average molecular weight is 366 g/mol. The minimum absolute atomic E-state index is 0.167. The molecule has 1 aromatic rings. The molecule has 8 heteroatoms. The number of ether oxygens (including phenoxy) is 2. The summed E-state index contributed by atoms with van der Waals surface area (Å²) in [6, 6.07) is 6.88. The van der Waals surface area contributed by atoms with Crippen LogP contribution in [0.5, 0.6) is 5.75 Å². The lowest BCUT2D eigenvalue weighted by Gasteiger charge is -2.29. The van der Waals surface area contributed by atoms with E-state index in [1.807, 2.05) is 4.90 Å². The van der Waals surface area contributed by atoms with Gasteiger partial charge in [-0.05, 0) is 24.3 Å². The molecule has 128 valence electrons. The van der Waals surface area contributed by atoms with Crippen LogP contribution in [0.15, 0.2) is 24.3 Å². The van der Waals surface area contributed by atoms with E-state index in [-0.39, 0.29) is 18.2 Å². The summed E-state index contributed by atoms with van der Waals surface area (Å²) in [6.07, 6.45) is 0.167. The highest BCUT2D eigenvalue weighted by molar-refractivity contribution is 8.23. The van der Waals surface area contributed by atoms with E-state index in [9.17, 15) is 9.59 Å². The van der Waals surface area contributed by atoms with Gasteiger partial charge in [0.25, 0.3) is 0 Å². The van der Waals surface area contributed by atoms with Crippen LogP contribution in [-0.4, -0.2) is 59.7 Å². The number of rotatable bonds is 3. The molecule has 0 radical (unpaired) electrons. The molecule has 0 N–H and O–H groups in total. The lowest BCUT2D eigenvalue weighted by atomic mass is 10.3. The van der Waals surface area contributed by atoms with Gasteiger partial charge < -0.3 is 14.4 Å². The van der Waals surface area contributed by atoms with Crippen molar-refractivity contribution in [2.75, 3.05) is 38.3 Å². The molecule has 0 saturated carbocycles. The van der Waals surface area contributed by atoms with Crippen molar-refractivity contribution in [3.63, 3.8) is 0 Å². The average Bonchev–Trinajstić information content (AvgIpc) is 2.89. The standard InChI is InChI=1S/C16H18N2O4S2/c1-21-12-4-2-11(3-5-12)18-14(19)10-13(15(18)20)24-16(23)17-6-8-22-9-7-17/h2-5,13H,6-10H2,1H3. The number of thioether (sulfide) groups is 1. The molecule has 6 nitrogen and oxygen atoms in total. The van der Waals surface area contributed by atoms with Gasteiger partial charge in [-0.3, -0.25) is 9.59 Å². The van der Waals surface area contributed by atoms with Crippen molar-refractivity contribution in [1.82, 2.24) is 4.90 Å². The zero-order valence-corrected chi connectivity index (χ0v) is 14.9. The molecule has 1 aromatic carbocycles. The van der Waals surface area contributed by atoms with Crippen LogP contribution in [-0.2, 0) is 14.3 Å². The number of morpholine rings is 1. The zero-order chi connectivity index (χ0) is 17.1. The Balaban J connectivity index is 1.67. The number of amides is 2. The fourth-order valence-electron chi connectivity index (χ4n) is 2.64. The van der Waals surface area contributed by atoms with Crippen molar-refractivity contribution in [1.29, 1.82) is 0 Å². The van der Waals surface area contributed by atoms with Gasteiger partial charge in [0.15, 0.2) is 0 Å². The van der Waals surface area contributed by atoms with Gasteiger partial charge in [-0.2, -0.15) is 0 Å². The smallest absolute Gasteiger partial charge is 0.247 e. The maximum absolute atomic E-state index is 12.6. The Labute approximate surface area is 150 Å². The SMILES string of the molecule is COc1ccc(N2C(=O)CC(SC(=S)N3CCOCC3)C2=O)cc1. The Kier molecular flexibility index (Phi) is 5.37.